The molecule has 1 aromatic carbocycles. The summed E-state index contributed by atoms with van der Waals surface area (Å²) in [4.78, 5) is 15.8. The zero-order valence-electron chi connectivity index (χ0n) is 12.2. The van der Waals surface area contributed by atoms with Gasteiger partial charge in [0.05, 0.1) is 16.7 Å². The smallest absolute Gasteiger partial charge is 0.159 e. The van der Waals surface area contributed by atoms with Gasteiger partial charge in [0, 0.05) is 12.1 Å². The first-order chi connectivity index (χ1) is 10.7. The van der Waals surface area contributed by atoms with E-state index in [0.717, 1.165) is 46.2 Å². The first-order valence-electron chi connectivity index (χ1n) is 7.03. The van der Waals surface area contributed by atoms with E-state index < -0.39 is 0 Å². The van der Waals surface area contributed by atoms with Crippen LogP contribution in [0.25, 0.3) is 28.2 Å². The van der Waals surface area contributed by atoms with E-state index in [2.05, 4.69) is 42.4 Å². The molecule has 0 saturated heterocycles. The maximum atomic E-state index is 4.61. The van der Waals surface area contributed by atoms with Crippen LogP contribution in [0.1, 0.15) is 18.4 Å². The van der Waals surface area contributed by atoms with E-state index >= 15 is 0 Å². The first-order valence-corrected chi connectivity index (χ1v) is 7.03. The fourth-order valence-electron chi connectivity index (χ4n) is 2.45. The van der Waals surface area contributed by atoms with Gasteiger partial charge in [-0.05, 0) is 35.5 Å². The number of fused-ring (bicyclic) bond motifs is 1. The molecule has 0 atom stereocenters. The van der Waals surface area contributed by atoms with Crippen molar-refractivity contribution in [1.29, 1.82) is 0 Å². The Morgan fingerprint density at radius 1 is 1.18 bits per heavy atom. The summed E-state index contributed by atoms with van der Waals surface area (Å²) >= 11 is 0. The Kier molecular flexibility index (Phi) is 2.75. The van der Waals surface area contributed by atoms with Crippen molar-refractivity contribution in [3.8, 4) is 17.2 Å². The Balaban J connectivity index is 1.82. The number of aromatic nitrogens is 8. The number of aryl methyl sites for hydroxylation is 2. The molecule has 110 valence electrons. The normalized spacial score (nSPS) is 11.4. The highest BCUT2D eigenvalue weighted by molar-refractivity contribution is 5.81. The Labute approximate surface area is 125 Å². The first kappa shape index (κ1) is 12.7. The van der Waals surface area contributed by atoms with Crippen LogP contribution in [0, 0.1) is 6.92 Å². The second kappa shape index (κ2) is 4.76. The second-order valence-electron chi connectivity index (χ2n) is 5.05. The topological polar surface area (TPSA) is 101 Å². The third-order valence-electron chi connectivity index (χ3n) is 3.57. The molecule has 0 aliphatic rings. The van der Waals surface area contributed by atoms with Crippen molar-refractivity contribution in [3.63, 3.8) is 0 Å². The van der Waals surface area contributed by atoms with E-state index in [9.17, 15) is 0 Å². The van der Waals surface area contributed by atoms with Crippen LogP contribution >= 0.6 is 0 Å². The van der Waals surface area contributed by atoms with Crippen molar-refractivity contribution in [1.82, 2.24) is 40.1 Å². The number of nitrogens with one attached hydrogen (secondary N) is 2. The summed E-state index contributed by atoms with van der Waals surface area (Å²) in [6.07, 6.45) is 2.42. The van der Waals surface area contributed by atoms with Crippen molar-refractivity contribution in [3.05, 3.63) is 36.0 Å². The van der Waals surface area contributed by atoms with E-state index in [1.54, 1.807) is 11.0 Å². The molecule has 4 aromatic rings. The Bertz CT molecular complexity index is 931. The summed E-state index contributed by atoms with van der Waals surface area (Å²) in [6.45, 7) is 4.07. The molecule has 3 heterocycles. The number of tetrazole rings is 1. The van der Waals surface area contributed by atoms with Gasteiger partial charge in [-0.3, -0.25) is 0 Å². The van der Waals surface area contributed by atoms with Crippen molar-refractivity contribution in [2.45, 2.75) is 20.3 Å². The summed E-state index contributed by atoms with van der Waals surface area (Å²) in [5.41, 5.74) is 4.55. The van der Waals surface area contributed by atoms with Gasteiger partial charge in [0.25, 0.3) is 0 Å². The predicted octanol–water partition coefficient (Wildman–Crippen LogP) is 1.80. The minimum Gasteiger partial charge on any atom is -0.345 e. The van der Waals surface area contributed by atoms with E-state index in [-0.39, 0.29) is 0 Å². The summed E-state index contributed by atoms with van der Waals surface area (Å²) in [7, 11) is 0. The highest BCUT2D eigenvalue weighted by Gasteiger charge is 2.13. The fourth-order valence-corrected chi connectivity index (χ4v) is 2.45. The Morgan fingerprint density at radius 3 is 2.82 bits per heavy atom. The molecule has 8 nitrogen and oxygen atoms in total. The molecular weight excluding hydrogens is 280 g/mol. The van der Waals surface area contributed by atoms with Crippen LogP contribution in [0.3, 0.4) is 0 Å². The Morgan fingerprint density at radius 2 is 2.09 bits per heavy atom. The summed E-state index contributed by atoms with van der Waals surface area (Å²) in [5, 5.41) is 11.2. The van der Waals surface area contributed by atoms with Gasteiger partial charge in [-0.25, -0.2) is 14.6 Å². The number of H-pyrrole nitrogens is 2. The summed E-state index contributed by atoms with van der Waals surface area (Å²) in [6, 6.07) is 5.83. The van der Waals surface area contributed by atoms with Crippen LogP contribution < -0.4 is 0 Å². The maximum Gasteiger partial charge on any atom is 0.159 e. The van der Waals surface area contributed by atoms with Gasteiger partial charge in [-0.15, -0.1) is 5.10 Å². The minimum absolute atomic E-state index is 0.761. The number of aromatic amines is 2. The van der Waals surface area contributed by atoms with Gasteiger partial charge in [-0.2, -0.15) is 0 Å². The SMILES string of the molecule is CCc1nc(-c2nc3ccc(-n4cnnn4)cc3[nH]2)c(C)[nH]1. The summed E-state index contributed by atoms with van der Waals surface area (Å²) < 4.78 is 1.61. The largest absolute Gasteiger partial charge is 0.345 e. The fraction of sp³-hybridized carbons (Fsp3) is 0.214. The van der Waals surface area contributed by atoms with E-state index in [0.29, 0.717) is 0 Å². The average Bonchev–Trinajstić information content (AvgIpc) is 3.25. The number of imidazole rings is 2. The monoisotopic (exact) mass is 294 g/mol. The van der Waals surface area contributed by atoms with Crippen LogP contribution in [-0.4, -0.2) is 40.1 Å². The van der Waals surface area contributed by atoms with Crippen LogP contribution in [0.15, 0.2) is 24.5 Å². The standard InChI is InChI=1S/C14H14N8/c1-3-12-16-8(2)13(19-12)14-17-10-5-4-9(6-11(10)18-14)22-7-15-20-21-22/h4-7H,3H2,1-2H3,(H,16,19)(H,17,18). The van der Waals surface area contributed by atoms with Crippen molar-refractivity contribution >= 4 is 11.0 Å². The maximum absolute atomic E-state index is 4.61. The molecule has 22 heavy (non-hydrogen) atoms. The van der Waals surface area contributed by atoms with E-state index in [4.69, 9.17) is 0 Å². The molecule has 0 fully saturated rings. The molecule has 4 rings (SSSR count). The molecule has 0 bridgehead atoms. The number of rotatable bonds is 3. The van der Waals surface area contributed by atoms with Crippen LogP contribution in [0.2, 0.25) is 0 Å². The van der Waals surface area contributed by atoms with E-state index in [1.807, 2.05) is 25.1 Å². The summed E-state index contributed by atoms with van der Waals surface area (Å²) in [5.74, 6) is 1.72. The highest BCUT2D eigenvalue weighted by Crippen LogP contribution is 2.23. The number of hydrogen-bond donors (Lipinski definition) is 2. The molecule has 2 N–H and O–H groups in total. The van der Waals surface area contributed by atoms with Crippen LogP contribution in [-0.2, 0) is 6.42 Å². The Hall–Kier alpha value is -3.03. The van der Waals surface area contributed by atoms with Crippen molar-refractivity contribution < 1.29 is 0 Å². The molecule has 0 aliphatic carbocycles. The number of hydrogen-bond acceptors (Lipinski definition) is 5. The number of nitrogens with zero attached hydrogens (tertiary/aromatic N) is 6. The third-order valence-corrected chi connectivity index (χ3v) is 3.57. The zero-order valence-corrected chi connectivity index (χ0v) is 12.2. The van der Waals surface area contributed by atoms with Gasteiger partial charge in [0.2, 0.25) is 0 Å². The molecule has 3 aromatic heterocycles. The van der Waals surface area contributed by atoms with Gasteiger partial charge >= 0.3 is 0 Å². The van der Waals surface area contributed by atoms with Gasteiger partial charge < -0.3 is 9.97 Å². The molecule has 0 aliphatic heterocycles. The minimum atomic E-state index is 0.761. The van der Waals surface area contributed by atoms with Crippen molar-refractivity contribution in [2.75, 3.05) is 0 Å². The lowest BCUT2D eigenvalue weighted by atomic mass is 10.3. The second-order valence-corrected chi connectivity index (χ2v) is 5.05. The lowest BCUT2D eigenvalue weighted by Crippen LogP contribution is -1.94. The predicted molar refractivity (Wildman–Crippen MR) is 80.5 cm³/mol. The van der Waals surface area contributed by atoms with Crippen molar-refractivity contribution in [2.24, 2.45) is 0 Å². The molecule has 0 radical (unpaired) electrons. The lowest BCUT2D eigenvalue weighted by molar-refractivity contribution is 0.790. The van der Waals surface area contributed by atoms with Gasteiger partial charge in [0.1, 0.15) is 17.8 Å². The average molecular weight is 294 g/mol. The van der Waals surface area contributed by atoms with E-state index in [1.165, 1.54) is 0 Å². The van der Waals surface area contributed by atoms with Crippen LogP contribution in [0.5, 0.6) is 0 Å². The zero-order chi connectivity index (χ0) is 15.1. The molecule has 0 saturated carbocycles. The van der Waals surface area contributed by atoms with Crippen LogP contribution in [0.4, 0.5) is 0 Å². The lowest BCUT2D eigenvalue weighted by Gasteiger charge is -1.97. The molecular formula is C14H14N8. The van der Waals surface area contributed by atoms with Gasteiger partial charge in [-0.1, -0.05) is 6.92 Å². The third kappa shape index (κ3) is 1.96. The quantitative estimate of drug-likeness (QED) is 0.600. The molecule has 0 amide bonds. The number of benzene rings is 1. The molecule has 0 unspecified atom stereocenters. The highest BCUT2D eigenvalue weighted by atomic mass is 15.5. The molecule has 8 heteroatoms. The molecule has 0 spiro atoms. The van der Waals surface area contributed by atoms with Gasteiger partial charge in [0.15, 0.2) is 5.82 Å².